The number of nitrogens with one attached hydrogen (secondary N) is 1. The molecule has 1 aromatic carbocycles. The number of rotatable bonds is 7. The van der Waals surface area contributed by atoms with E-state index in [0.29, 0.717) is 24.6 Å². The zero-order valence-electron chi connectivity index (χ0n) is 16.5. The Bertz CT molecular complexity index is 862. The fraction of sp³-hybridized carbons (Fsp3) is 0.450. The maximum absolute atomic E-state index is 12.6. The summed E-state index contributed by atoms with van der Waals surface area (Å²) in [5, 5.41) is 7.24. The van der Waals surface area contributed by atoms with Gasteiger partial charge in [-0.1, -0.05) is 12.1 Å². The Kier molecular flexibility index (Phi) is 6.18. The maximum atomic E-state index is 12.6. The van der Waals surface area contributed by atoms with E-state index < -0.39 is 0 Å². The average Bonchev–Trinajstić information content (AvgIpc) is 3.09. The quantitative estimate of drug-likeness (QED) is 0.787. The predicted octanol–water partition coefficient (Wildman–Crippen LogP) is 2.04. The normalized spacial score (nSPS) is 13.0. The maximum Gasteiger partial charge on any atom is 0.228 e. The first-order valence-corrected chi connectivity index (χ1v) is 9.35. The van der Waals surface area contributed by atoms with Gasteiger partial charge in [0.1, 0.15) is 5.82 Å². The van der Waals surface area contributed by atoms with Gasteiger partial charge in [0, 0.05) is 44.1 Å². The lowest BCUT2D eigenvalue weighted by Crippen LogP contribution is -2.38. The molecule has 3 rings (SSSR count). The summed E-state index contributed by atoms with van der Waals surface area (Å²) in [5.41, 5.74) is 1.71. The topological polar surface area (TPSA) is 85.7 Å². The number of hydrogen-bond acceptors (Lipinski definition) is 5. The number of methoxy groups -OCH3 is 2. The summed E-state index contributed by atoms with van der Waals surface area (Å²) in [6.45, 7) is 3.69. The van der Waals surface area contributed by atoms with Crippen molar-refractivity contribution < 1.29 is 19.1 Å². The molecule has 2 heterocycles. The predicted molar refractivity (Wildman–Crippen MR) is 105 cm³/mol. The first-order valence-electron chi connectivity index (χ1n) is 9.35. The molecule has 0 aliphatic carbocycles. The summed E-state index contributed by atoms with van der Waals surface area (Å²) in [6.07, 6.45) is 1.15. The number of nitrogens with zero attached hydrogens (tertiary/aromatic N) is 3. The van der Waals surface area contributed by atoms with Crippen LogP contribution in [0.5, 0.6) is 11.5 Å². The molecule has 1 aliphatic rings. The fourth-order valence-electron chi connectivity index (χ4n) is 3.39. The molecular formula is C20H26N4O4. The Morgan fingerprint density at radius 1 is 1.18 bits per heavy atom. The van der Waals surface area contributed by atoms with E-state index in [1.807, 2.05) is 29.8 Å². The lowest BCUT2D eigenvalue weighted by atomic mass is 10.1. The molecule has 0 spiro atoms. The smallest absolute Gasteiger partial charge is 0.228 e. The van der Waals surface area contributed by atoms with E-state index in [4.69, 9.17) is 9.47 Å². The van der Waals surface area contributed by atoms with Crippen molar-refractivity contribution >= 4 is 17.6 Å². The summed E-state index contributed by atoms with van der Waals surface area (Å²) >= 11 is 0. The van der Waals surface area contributed by atoms with Gasteiger partial charge in [-0.15, -0.1) is 0 Å². The Hall–Kier alpha value is -3.03. The average molecular weight is 386 g/mol. The molecule has 0 saturated carbocycles. The molecule has 0 saturated heterocycles. The third-order valence-electron chi connectivity index (χ3n) is 4.74. The number of aromatic nitrogens is 2. The van der Waals surface area contributed by atoms with Crippen LogP contribution in [-0.4, -0.2) is 42.4 Å². The molecular weight excluding hydrogens is 360 g/mol. The molecule has 0 unspecified atom stereocenters. The number of carbonyl (C=O) groups excluding carboxylic acids is 2. The second-order valence-electron chi connectivity index (χ2n) is 6.70. The molecule has 0 atom stereocenters. The van der Waals surface area contributed by atoms with Crippen molar-refractivity contribution in [1.82, 2.24) is 15.1 Å². The van der Waals surface area contributed by atoms with Crippen LogP contribution in [-0.2, 0) is 22.7 Å². The van der Waals surface area contributed by atoms with E-state index in [9.17, 15) is 9.59 Å². The number of benzene rings is 1. The Balaban J connectivity index is 1.53. The van der Waals surface area contributed by atoms with Gasteiger partial charge in [0.05, 0.1) is 19.9 Å². The van der Waals surface area contributed by atoms with Crippen LogP contribution in [0.4, 0.5) is 5.82 Å². The highest BCUT2D eigenvalue weighted by molar-refractivity contribution is 5.95. The van der Waals surface area contributed by atoms with E-state index in [1.165, 1.54) is 0 Å². The molecule has 2 amide bonds. The summed E-state index contributed by atoms with van der Waals surface area (Å²) in [6, 6.07) is 7.41. The van der Waals surface area contributed by atoms with Crippen molar-refractivity contribution in [2.24, 2.45) is 0 Å². The van der Waals surface area contributed by atoms with E-state index in [-0.39, 0.29) is 24.7 Å². The second kappa shape index (κ2) is 8.77. The highest BCUT2D eigenvalue weighted by Crippen LogP contribution is 2.30. The van der Waals surface area contributed by atoms with E-state index in [1.54, 1.807) is 25.2 Å². The van der Waals surface area contributed by atoms with Crippen molar-refractivity contribution in [3.05, 3.63) is 35.5 Å². The third kappa shape index (κ3) is 4.27. The first kappa shape index (κ1) is 19.7. The number of anilines is 1. The summed E-state index contributed by atoms with van der Waals surface area (Å²) in [7, 11) is 3.13. The van der Waals surface area contributed by atoms with Crippen LogP contribution < -0.4 is 19.7 Å². The Morgan fingerprint density at radius 2 is 2.00 bits per heavy atom. The van der Waals surface area contributed by atoms with Crippen molar-refractivity contribution in [2.75, 3.05) is 25.7 Å². The van der Waals surface area contributed by atoms with Crippen molar-refractivity contribution in [3.63, 3.8) is 0 Å². The molecule has 8 nitrogen and oxygen atoms in total. The zero-order chi connectivity index (χ0) is 20.1. The largest absolute Gasteiger partial charge is 0.493 e. The molecule has 0 radical (unpaired) electrons. The van der Waals surface area contributed by atoms with Gasteiger partial charge in [0.2, 0.25) is 11.8 Å². The van der Waals surface area contributed by atoms with Crippen LogP contribution in [0, 0.1) is 6.92 Å². The van der Waals surface area contributed by atoms with Crippen molar-refractivity contribution in [2.45, 2.75) is 39.3 Å². The molecule has 150 valence electrons. The minimum Gasteiger partial charge on any atom is -0.493 e. The minimum absolute atomic E-state index is 0.0602. The van der Waals surface area contributed by atoms with Gasteiger partial charge in [0.15, 0.2) is 11.5 Å². The molecule has 0 bridgehead atoms. The van der Waals surface area contributed by atoms with Gasteiger partial charge in [-0.05, 0) is 19.4 Å². The minimum atomic E-state index is -0.181. The van der Waals surface area contributed by atoms with E-state index >= 15 is 0 Å². The molecule has 1 aliphatic heterocycles. The number of para-hydroxylation sites is 1. The number of fused-ring (bicyclic) bond motifs is 1. The van der Waals surface area contributed by atoms with Crippen LogP contribution in [0.15, 0.2) is 24.3 Å². The number of ether oxygens (including phenoxy) is 2. The summed E-state index contributed by atoms with van der Waals surface area (Å²) in [5.74, 6) is 1.78. The third-order valence-corrected chi connectivity index (χ3v) is 4.74. The van der Waals surface area contributed by atoms with E-state index in [0.717, 1.165) is 30.0 Å². The second-order valence-corrected chi connectivity index (χ2v) is 6.70. The zero-order valence-corrected chi connectivity index (χ0v) is 16.5. The first-order chi connectivity index (χ1) is 13.5. The molecule has 0 fully saturated rings. The summed E-state index contributed by atoms with van der Waals surface area (Å²) < 4.78 is 12.5. The van der Waals surface area contributed by atoms with Crippen molar-refractivity contribution in [1.29, 1.82) is 0 Å². The van der Waals surface area contributed by atoms with Gasteiger partial charge in [-0.25, -0.2) is 4.68 Å². The molecule has 28 heavy (non-hydrogen) atoms. The highest BCUT2D eigenvalue weighted by Gasteiger charge is 2.24. The number of carbonyl (C=O) groups is 2. The van der Waals surface area contributed by atoms with Crippen LogP contribution in [0.25, 0.3) is 0 Å². The monoisotopic (exact) mass is 386 g/mol. The van der Waals surface area contributed by atoms with E-state index in [2.05, 4.69) is 10.4 Å². The fourth-order valence-corrected chi connectivity index (χ4v) is 3.39. The SMILES string of the molecule is COc1cccc(CNC(=O)CCC(=O)N2CCCn3nc(C)cc32)c1OC. The molecule has 2 aromatic rings. The van der Waals surface area contributed by atoms with Crippen LogP contribution >= 0.6 is 0 Å². The van der Waals surface area contributed by atoms with Crippen LogP contribution in [0.2, 0.25) is 0 Å². The van der Waals surface area contributed by atoms with Gasteiger partial charge in [-0.2, -0.15) is 5.10 Å². The molecule has 1 N–H and O–H groups in total. The number of hydrogen-bond donors (Lipinski definition) is 1. The van der Waals surface area contributed by atoms with Crippen molar-refractivity contribution in [3.8, 4) is 11.5 Å². The van der Waals surface area contributed by atoms with Gasteiger partial charge < -0.3 is 14.8 Å². The Morgan fingerprint density at radius 3 is 2.75 bits per heavy atom. The van der Waals surface area contributed by atoms with Gasteiger partial charge >= 0.3 is 0 Å². The Labute approximate surface area is 164 Å². The molecule has 8 heteroatoms. The molecule has 1 aromatic heterocycles. The highest BCUT2D eigenvalue weighted by atomic mass is 16.5. The number of aryl methyl sites for hydroxylation is 2. The number of amides is 2. The lowest BCUT2D eigenvalue weighted by Gasteiger charge is -2.27. The standard InChI is InChI=1S/C20H26N4O4/c1-14-12-18-23(10-5-11-24(18)22-14)19(26)9-8-17(25)21-13-15-6-4-7-16(27-2)20(15)28-3/h4,6-7,12H,5,8-11,13H2,1-3H3,(H,21,25). The lowest BCUT2D eigenvalue weighted by molar-refractivity contribution is -0.125. The van der Waals surface area contributed by atoms with Crippen LogP contribution in [0.1, 0.15) is 30.5 Å². The summed E-state index contributed by atoms with van der Waals surface area (Å²) in [4.78, 5) is 26.6. The van der Waals surface area contributed by atoms with Crippen LogP contribution in [0.3, 0.4) is 0 Å². The van der Waals surface area contributed by atoms with Gasteiger partial charge in [0.25, 0.3) is 0 Å². The van der Waals surface area contributed by atoms with Gasteiger partial charge in [-0.3, -0.25) is 14.5 Å².